The van der Waals surface area contributed by atoms with Gasteiger partial charge >= 0.3 is 0 Å². The standard InChI is InChI=1S/C12H23N3OS/c16-12(14-15-8-2-1-3-9-15)10-17-11-4-6-13-7-5-11/h11,13H,1-10H2,(H,14,16). The Balaban J connectivity index is 1.59. The maximum Gasteiger partial charge on any atom is 0.244 e. The second-order valence-corrected chi connectivity index (χ2v) is 6.13. The van der Waals surface area contributed by atoms with Gasteiger partial charge in [-0.1, -0.05) is 6.42 Å². The van der Waals surface area contributed by atoms with E-state index in [1.165, 1.54) is 32.1 Å². The van der Waals surface area contributed by atoms with Gasteiger partial charge in [-0.05, 0) is 38.8 Å². The van der Waals surface area contributed by atoms with Gasteiger partial charge in [0, 0.05) is 18.3 Å². The molecule has 0 aromatic carbocycles. The molecule has 2 heterocycles. The minimum Gasteiger partial charge on any atom is -0.317 e. The quantitative estimate of drug-likeness (QED) is 0.788. The summed E-state index contributed by atoms with van der Waals surface area (Å²) < 4.78 is 0. The summed E-state index contributed by atoms with van der Waals surface area (Å²) >= 11 is 1.82. The lowest BCUT2D eigenvalue weighted by molar-refractivity contribution is -0.123. The van der Waals surface area contributed by atoms with Crippen LogP contribution < -0.4 is 10.7 Å². The van der Waals surface area contributed by atoms with Crippen LogP contribution in [0, 0.1) is 0 Å². The Kier molecular flexibility index (Phi) is 5.61. The predicted octanol–water partition coefficient (Wildman–Crippen LogP) is 0.989. The third-order valence-electron chi connectivity index (χ3n) is 3.38. The summed E-state index contributed by atoms with van der Waals surface area (Å²) in [5.74, 6) is 0.789. The Hall–Kier alpha value is -0.260. The molecule has 2 fully saturated rings. The average Bonchev–Trinajstić information content (AvgIpc) is 2.39. The number of hydrazine groups is 1. The molecule has 17 heavy (non-hydrogen) atoms. The monoisotopic (exact) mass is 257 g/mol. The normalized spacial score (nSPS) is 23.5. The van der Waals surface area contributed by atoms with Crippen LogP contribution in [0.1, 0.15) is 32.1 Å². The Morgan fingerprint density at radius 2 is 1.94 bits per heavy atom. The van der Waals surface area contributed by atoms with E-state index in [1.807, 2.05) is 11.8 Å². The van der Waals surface area contributed by atoms with Crippen molar-refractivity contribution in [2.75, 3.05) is 31.9 Å². The number of hydrogen-bond donors (Lipinski definition) is 2. The fraction of sp³-hybridized carbons (Fsp3) is 0.917. The highest BCUT2D eigenvalue weighted by atomic mass is 32.2. The van der Waals surface area contributed by atoms with Crippen molar-refractivity contribution in [3.05, 3.63) is 0 Å². The first-order valence-corrected chi connectivity index (χ1v) is 7.76. The zero-order valence-corrected chi connectivity index (χ0v) is 11.2. The second kappa shape index (κ2) is 7.24. The topological polar surface area (TPSA) is 44.4 Å². The van der Waals surface area contributed by atoms with Gasteiger partial charge in [0.2, 0.25) is 5.91 Å². The van der Waals surface area contributed by atoms with Gasteiger partial charge in [0.15, 0.2) is 0 Å². The van der Waals surface area contributed by atoms with E-state index < -0.39 is 0 Å². The summed E-state index contributed by atoms with van der Waals surface area (Å²) in [5, 5.41) is 6.09. The number of carbonyl (C=O) groups is 1. The van der Waals surface area contributed by atoms with Crippen LogP contribution in [0.15, 0.2) is 0 Å². The van der Waals surface area contributed by atoms with Crippen LogP contribution >= 0.6 is 11.8 Å². The summed E-state index contributed by atoms with van der Waals surface area (Å²) in [6.45, 7) is 4.24. The van der Waals surface area contributed by atoms with E-state index >= 15 is 0 Å². The molecule has 0 spiro atoms. The Bertz CT molecular complexity index is 238. The summed E-state index contributed by atoms with van der Waals surface area (Å²) in [4.78, 5) is 11.8. The molecule has 0 aromatic heterocycles. The molecule has 0 aliphatic carbocycles. The highest BCUT2D eigenvalue weighted by Gasteiger charge is 2.16. The maximum absolute atomic E-state index is 11.8. The van der Waals surface area contributed by atoms with Gasteiger partial charge in [-0.2, -0.15) is 0 Å². The lowest BCUT2D eigenvalue weighted by atomic mass is 10.2. The third kappa shape index (κ3) is 4.85. The summed E-state index contributed by atoms with van der Waals surface area (Å²) in [6.07, 6.45) is 6.11. The molecule has 2 rings (SSSR count). The fourth-order valence-electron chi connectivity index (χ4n) is 2.37. The van der Waals surface area contributed by atoms with Crippen molar-refractivity contribution in [2.45, 2.75) is 37.4 Å². The summed E-state index contributed by atoms with van der Waals surface area (Å²) in [6, 6.07) is 0. The van der Waals surface area contributed by atoms with Gasteiger partial charge in [-0.15, -0.1) is 11.8 Å². The van der Waals surface area contributed by atoms with Crippen LogP contribution in [0.4, 0.5) is 0 Å². The summed E-state index contributed by atoms with van der Waals surface area (Å²) in [5.41, 5.74) is 3.02. The molecule has 2 aliphatic heterocycles. The SMILES string of the molecule is O=C(CSC1CCNCC1)NN1CCCCC1. The molecule has 0 unspecified atom stereocenters. The van der Waals surface area contributed by atoms with Crippen molar-refractivity contribution in [3.63, 3.8) is 0 Å². The van der Waals surface area contributed by atoms with Crippen LogP contribution in [-0.4, -0.2) is 48.1 Å². The van der Waals surface area contributed by atoms with E-state index in [0.717, 1.165) is 26.2 Å². The van der Waals surface area contributed by atoms with Crippen LogP contribution in [0.5, 0.6) is 0 Å². The van der Waals surface area contributed by atoms with Crippen molar-refractivity contribution in [3.8, 4) is 0 Å². The van der Waals surface area contributed by atoms with E-state index in [1.54, 1.807) is 0 Å². The van der Waals surface area contributed by atoms with Gasteiger partial charge in [0.25, 0.3) is 0 Å². The molecule has 0 atom stereocenters. The largest absolute Gasteiger partial charge is 0.317 e. The van der Waals surface area contributed by atoms with Gasteiger partial charge in [-0.25, -0.2) is 5.01 Å². The molecular weight excluding hydrogens is 234 g/mol. The number of carbonyl (C=O) groups excluding carboxylic acids is 1. The first-order valence-electron chi connectivity index (χ1n) is 6.71. The number of hydrogen-bond acceptors (Lipinski definition) is 4. The third-order valence-corrected chi connectivity index (χ3v) is 4.75. The Morgan fingerprint density at radius 3 is 2.65 bits per heavy atom. The van der Waals surface area contributed by atoms with Gasteiger partial charge < -0.3 is 5.32 Å². The molecule has 0 radical (unpaired) electrons. The van der Waals surface area contributed by atoms with E-state index in [2.05, 4.69) is 15.8 Å². The first-order chi connectivity index (χ1) is 8.34. The van der Waals surface area contributed by atoms with E-state index in [0.29, 0.717) is 11.0 Å². The van der Waals surface area contributed by atoms with Crippen LogP contribution in [0.2, 0.25) is 0 Å². The van der Waals surface area contributed by atoms with Crippen LogP contribution in [0.3, 0.4) is 0 Å². The number of amides is 1. The number of nitrogens with zero attached hydrogens (tertiary/aromatic N) is 1. The molecule has 0 bridgehead atoms. The van der Waals surface area contributed by atoms with E-state index in [9.17, 15) is 4.79 Å². The first kappa shape index (κ1) is 13.2. The number of rotatable bonds is 4. The molecular formula is C12H23N3OS. The lowest BCUT2D eigenvalue weighted by Gasteiger charge is -2.27. The maximum atomic E-state index is 11.8. The van der Waals surface area contributed by atoms with Gasteiger partial charge in [-0.3, -0.25) is 10.2 Å². The number of nitrogens with one attached hydrogen (secondary N) is 2. The minimum atomic E-state index is 0.176. The second-order valence-electron chi connectivity index (χ2n) is 4.84. The van der Waals surface area contributed by atoms with Crippen LogP contribution in [0.25, 0.3) is 0 Å². The molecule has 4 nitrogen and oxygen atoms in total. The highest BCUT2D eigenvalue weighted by molar-refractivity contribution is 8.00. The Morgan fingerprint density at radius 1 is 1.24 bits per heavy atom. The molecule has 2 aliphatic rings. The van der Waals surface area contributed by atoms with E-state index in [-0.39, 0.29) is 5.91 Å². The molecule has 2 N–H and O–H groups in total. The van der Waals surface area contributed by atoms with Gasteiger partial charge in [0.05, 0.1) is 5.75 Å². The number of piperidine rings is 2. The smallest absolute Gasteiger partial charge is 0.244 e. The molecule has 0 saturated carbocycles. The van der Waals surface area contributed by atoms with Crippen molar-refractivity contribution < 1.29 is 4.79 Å². The predicted molar refractivity (Wildman–Crippen MR) is 71.9 cm³/mol. The molecule has 1 amide bonds. The minimum absolute atomic E-state index is 0.176. The average molecular weight is 257 g/mol. The van der Waals surface area contributed by atoms with Crippen molar-refractivity contribution in [1.82, 2.24) is 15.8 Å². The van der Waals surface area contributed by atoms with E-state index in [4.69, 9.17) is 0 Å². The Labute approximate surface area is 108 Å². The highest BCUT2D eigenvalue weighted by Crippen LogP contribution is 2.19. The number of thioether (sulfide) groups is 1. The van der Waals surface area contributed by atoms with Crippen molar-refractivity contribution in [1.29, 1.82) is 0 Å². The fourth-order valence-corrected chi connectivity index (χ4v) is 3.39. The van der Waals surface area contributed by atoms with Crippen molar-refractivity contribution >= 4 is 17.7 Å². The van der Waals surface area contributed by atoms with Crippen molar-refractivity contribution in [2.24, 2.45) is 0 Å². The molecule has 0 aromatic rings. The zero-order chi connectivity index (χ0) is 11.9. The molecule has 98 valence electrons. The summed E-state index contributed by atoms with van der Waals surface area (Å²) in [7, 11) is 0. The van der Waals surface area contributed by atoms with Gasteiger partial charge in [0.1, 0.15) is 0 Å². The molecule has 5 heteroatoms. The lowest BCUT2D eigenvalue weighted by Crippen LogP contribution is -2.46. The molecule has 2 saturated heterocycles. The van der Waals surface area contributed by atoms with Crippen LogP contribution in [-0.2, 0) is 4.79 Å². The zero-order valence-electron chi connectivity index (χ0n) is 10.4.